The lowest BCUT2D eigenvalue weighted by Crippen LogP contribution is -2.14. The van der Waals surface area contributed by atoms with E-state index >= 15 is 0 Å². The minimum Gasteiger partial charge on any atom is -0.377 e. The van der Waals surface area contributed by atoms with Crippen molar-refractivity contribution in [2.24, 2.45) is 0 Å². The standard InChI is InChI=1S/C14H21NO/c1-4-11-16-12-10-13(2)15(3)14-8-6-5-7-9-14/h5-10H,4,11-12H2,1-3H3/b13-10-. The third-order valence-corrected chi connectivity index (χ3v) is 2.52. The molecule has 0 N–H and O–H groups in total. The van der Waals surface area contributed by atoms with E-state index in [9.17, 15) is 0 Å². The van der Waals surface area contributed by atoms with E-state index in [1.807, 2.05) is 18.2 Å². The van der Waals surface area contributed by atoms with E-state index in [0.29, 0.717) is 6.61 Å². The number of hydrogen-bond acceptors (Lipinski definition) is 2. The average molecular weight is 219 g/mol. The van der Waals surface area contributed by atoms with Gasteiger partial charge in [0, 0.05) is 25.0 Å². The number of hydrogen-bond donors (Lipinski definition) is 0. The fourth-order valence-corrected chi connectivity index (χ4v) is 1.40. The zero-order chi connectivity index (χ0) is 11.8. The minimum atomic E-state index is 0.691. The van der Waals surface area contributed by atoms with E-state index in [0.717, 1.165) is 13.0 Å². The maximum absolute atomic E-state index is 5.44. The van der Waals surface area contributed by atoms with Gasteiger partial charge in [-0.2, -0.15) is 0 Å². The van der Waals surface area contributed by atoms with Crippen molar-refractivity contribution >= 4 is 5.69 Å². The number of allylic oxidation sites excluding steroid dienone is 1. The van der Waals surface area contributed by atoms with Crippen molar-refractivity contribution in [3.8, 4) is 0 Å². The molecule has 0 aliphatic heterocycles. The Morgan fingerprint density at radius 2 is 2.00 bits per heavy atom. The van der Waals surface area contributed by atoms with Crippen LogP contribution in [-0.4, -0.2) is 20.3 Å². The largest absolute Gasteiger partial charge is 0.377 e. The Hall–Kier alpha value is -1.28. The van der Waals surface area contributed by atoms with Crippen LogP contribution < -0.4 is 4.90 Å². The summed E-state index contributed by atoms with van der Waals surface area (Å²) in [5.41, 5.74) is 2.41. The Labute approximate surface area is 98.5 Å². The molecule has 0 bridgehead atoms. The number of ether oxygens (including phenoxy) is 1. The van der Waals surface area contributed by atoms with Crippen LogP contribution in [0.4, 0.5) is 5.69 Å². The molecule has 1 aromatic rings. The van der Waals surface area contributed by atoms with Crippen molar-refractivity contribution in [3.05, 3.63) is 42.1 Å². The Morgan fingerprint density at radius 1 is 1.31 bits per heavy atom. The first-order valence-electron chi connectivity index (χ1n) is 5.79. The van der Waals surface area contributed by atoms with Gasteiger partial charge in [-0.3, -0.25) is 0 Å². The van der Waals surface area contributed by atoms with Gasteiger partial charge in [0.1, 0.15) is 0 Å². The lowest BCUT2D eigenvalue weighted by molar-refractivity contribution is 0.162. The summed E-state index contributed by atoms with van der Waals surface area (Å²) in [5, 5.41) is 0. The first-order chi connectivity index (χ1) is 7.75. The third-order valence-electron chi connectivity index (χ3n) is 2.52. The van der Waals surface area contributed by atoms with Crippen LogP contribution in [-0.2, 0) is 4.74 Å². The van der Waals surface area contributed by atoms with Crippen LogP contribution in [0.2, 0.25) is 0 Å². The van der Waals surface area contributed by atoms with Gasteiger partial charge in [0.15, 0.2) is 0 Å². The quantitative estimate of drug-likeness (QED) is 0.679. The second kappa shape index (κ2) is 7.07. The first-order valence-corrected chi connectivity index (χ1v) is 5.79. The van der Waals surface area contributed by atoms with Crippen LogP contribution in [0, 0.1) is 0 Å². The van der Waals surface area contributed by atoms with E-state index in [-0.39, 0.29) is 0 Å². The summed E-state index contributed by atoms with van der Waals surface area (Å²) in [6, 6.07) is 10.3. The molecule has 0 aliphatic rings. The van der Waals surface area contributed by atoms with Gasteiger partial charge >= 0.3 is 0 Å². The molecule has 2 nitrogen and oxygen atoms in total. The summed E-state index contributed by atoms with van der Waals surface area (Å²) in [6.07, 6.45) is 3.18. The molecular weight excluding hydrogens is 198 g/mol. The second-order valence-corrected chi connectivity index (χ2v) is 3.81. The van der Waals surface area contributed by atoms with Gasteiger partial charge in [-0.25, -0.2) is 0 Å². The molecule has 0 amide bonds. The average Bonchev–Trinajstić information content (AvgIpc) is 2.34. The van der Waals surface area contributed by atoms with Crippen LogP contribution >= 0.6 is 0 Å². The molecule has 88 valence electrons. The Kier molecular flexibility index (Phi) is 5.65. The smallest absolute Gasteiger partial charge is 0.0667 e. The molecule has 1 aromatic carbocycles. The van der Waals surface area contributed by atoms with Gasteiger partial charge in [0.25, 0.3) is 0 Å². The van der Waals surface area contributed by atoms with Crippen LogP contribution in [0.25, 0.3) is 0 Å². The summed E-state index contributed by atoms with van der Waals surface area (Å²) in [5.74, 6) is 0. The Morgan fingerprint density at radius 3 is 2.62 bits per heavy atom. The van der Waals surface area contributed by atoms with Gasteiger partial charge in [-0.15, -0.1) is 0 Å². The van der Waals surface area contributed by atoms with Crippen molar-refractivity contribution < 1.29 is 4.74 Å². The zero-order valence-electron chi connectivity index (χ0n) is 10.4. The second-order valence-electron chi connectivity index (χ2n) is 3.81. The van der Waals surface area contributed by atoms with E-state index in [4.69, 9.17) is 4.74 Å². The summed E-state index contributed by atoms with van der Waals surface area (Å²) >= 11 is 0. The van der Waals surface area contributed by atoms with Gasteiger partial charge < -0.3 is 9.64 Å². The third kappa shape index (κ3) is 4.07. The van der Waals surface area contributed by atoms with Gasteiger partial charge in [-0.05, 0) is 31.6 Å². The lowest BCUT2D eigenvalue weighted by Gasteiger charge is -2.20. The number of anilines is 1. The fraction of sp³-hybridized carbons (Fsp3) is 0.429. The molecule has 0 aliphatic carbocycles. The van der Waals surface area contributed by atoms with E-state index in [1.54, 1.807) is 0 Å². The highest BCUT2D eigenvalue weighted by Gasteiger charge is 2.00. The highest BCUT2D eigenvalue weighted by molar-refractivity contribution is 5.50. The molecule has 0 saturated heterocycles. The fourth-order valence-electron chi connectivity index (χ4n) is 1.40. The summed E-state index contributed by atoms with van der Waals surface area (Å²) in [7, 11) is 2.07. The SMILES string of the molecule is CCCOC/C=C(/C)N(C)c1ccccc1. The lowest BCUT2D eigenvalue weighted by atomic mass is 10.3. The van der Waals surface area contributed by atoms with Crippen LogP contribution in [0.15, 0.2) is 42.1 Å². The molecule has 16 heavy (non-hydrogen) atoms. The molecule has 0 fully saturated rings. The summed E-state index contributed by atoms with van der Waals surface area (Å²) in [6.45, 7) is 5.74. The van der Waals surface area contributed by atoms with Crippen molar-refractivity contribution in [1.82, 2.24) is 0 Å². The molecule has 0 aromatic heterocycles. The van der Waals surface area contributed by atoms with Gasteiger partial charge in [0.05, 0.1) is 6.61 Å². The van der Waals surface area contributed by atoms with E-state index < -0.39 is 0 Å². The molecule has 2 heteroatoms. The molecule has 1 rings (SSSR count). The van der Waals surface area contributed by atoms with Gasteiger partial charge in [-0.1, -0.05) is 25.1 Å². The van der Waals surface area contributed by atoms with Gasteiger partial charge in [0.2, 0.25) is 0 Å². The van der Waals surface area contributed by atoms with Crippen LogP contribution in [0.1, 0.15) is 20.3 Å². The highest BCUT2D eigenvalue weighted by atomic mass is 16.5. The number of nitrogens with zero attached hydrogens (tertiary/aromatic N) is 1. The predicted molar refractivity (Wildman–Crippen MR) is 69.7 cm³/mol. The molecule has 0 radical (unpaired) electrons. The summed E-state index contributed by atoms with van der Waals surface area (Å²) < 4.78 is 5.44. The molecule has 0 saturated carbocycles. The predicted octanol–water partition coefficient (Wildman–Crippen LogP) is 3.45. The highest BCUT2D eigenvalue weighted by Crippen LogP contribution is 2.15. The van der Waals surface area contributed by atoms with Crippen molar-refractivity contribution in [1.29, 1.82) is 0 Å². The molecule has 0 unspecified atom stereocenters. The maximum Gasteiger partial charge on any atom is 0.0667 e. The van der Waals surface area contributed by atoms with Crippen molar-refractivity contribution in [3.63, 3.8) is 0 Å². The van der Waals surface area contributed by atoms with E-state index in [1.165, 1.54) is 11.4 Å². The van der Waals surface area contributed by atoms with Crippen molar-refractivity contribution in [2.45, 2.75) is 20.3 Å². The monoisotopic (exact) mass is 219 g/mol. The number of benzene rings is 1. The van der Waals surface area contributed by atoms with Crippen LogP contribution in [0.5, 0.6) is 0 Å². The summed E-state index contributed by atoms with van der Waals surface area (Å²) in [4.78, 5) is 2.16. The molecule has 0 spiro atoms. The minimum absolute atomic E-state index is 0.691. The molecular formula is C14H21NO. The molecule has 0 heterocycles. The number of para-hydroxylation sites is 1. The Bertz CT molecular complexity index is 319. The van der Waals surface area contributed by atoms with Crippen molar-refractivity contribution in [2.75, 3.05) is 25.2 Å². The molecule has 0 atom stereocenters. The topological polar surface area (TPSA) is 12.5 Å². The van der Waals surface area contributed by atoms with E-state index in [2.05, 4.69) is 44.0 Å². The number of rotatable bonds is 6. The Balaban J connectivity index is 2.50. The normalized spacial score (nSPS) is 11.6. The maximum atomic E-state index is 5.44. The van der Waals surface area contributed by atoms with Crippen LogP contribution in [0.3, 0.4) is 0 Å². The first kappa shape index (κ1) is 12.8. The zero-order valence-corrected chi connectivity index (χ0v) is 10.4.